The standard InChI is InChI=1S/C16H19NO4/c1-19-10-3-5-12(13(7-10)20-2)15(18)16(9-17)8-11-4-6-14(16)21-11/h3,5,7,11,14-15,18H,4,6,8H2,1-2H3. The molecule has 4 unspecified atom stereocenters. The highest BCUT2D eigenvalue weighted by Gasteiger charge is 2.57. The van der Waals surface area contributed by atoms with Crippen LogP contribution in [0.3, 0.4) is 0 Å². The van der Waals surface area contributed by atoms with E-state index in [1.54, 1.807) is 32.4 Å². The molecule has 21 heavy (non-hydrogen) atoms. The Labute approximate surface area is 124 Å². The van der Waals surface area contributed by atoms with E-state index >= 15 is 0 Å². The lowest BCUT2D eigenvalue weighted by Crippen LogP contribution is -2.37. The van der Waals surface area contributed by atoms with Crippen molar-refractivity contribution in [2.45, 2.75) is 37.6 Å². The summed E-state index contributed by atoms with van der Waals surface area (Å²) in [6, 6.07) is 7.57. The van der Waals surface area contributed by atoms with E-state index in [4.69, 9.17) is 14.2 Å². The van der Waals surface area contributed by atoms with E-state index < -0.39 is 11.5 Å². The second-order valence-electron chi connectivity index (χ2n) is 5.69. The molecule has 112 valence electrons. The van der Waals surface area contributed by atoms with Crippen molar-refractivity contribution >= 4 is 0 Å². The van der Waals surface area contributed by atoms with Crippen LogP contribution in [-0.2, 0) is 4.74 Å². The summed E-state index contributed by atoms with van der Waals surface area (Å²) in [4.78, 5) is 0. The van der Waals surface area contributed by atoms with Crippen LogP contribution < -0.4 is 9.47 Å². The summed E-state index contributed by atoms with van der Waals surface area (Å²) in [5.74, 6) is 1.18. The SMILES string of the molecule is COc1ccc(C(O)C2(C#N)CC3CCC2O3)c(OC)c1. The molecule has 4 atom stereocenters. The minimum Gasteiger partial charge on any atom is -0.497 e. The molecule has 0 aliphatic carbocycles. The van der Waals surface area contributed by atoms with Gasteiger partial charge < -0.3 is 19.3 Å². The number of hydrogen-bond donors (Lipinski definition) is 1. The molecule has 5 nitrogen and oxygen atoms in total. The van der Waals surface area contributed by atoms with Crippen molar-refractivity contribution in [1.29, 1.82) is 5.26 Å². The fourth-order valence-corrected chi connectivity index (χ4v) is 3.53. The Morgan fingerprint density at radius 1 is 1.38 bits per heavy atom. The van der Waals surface area contributed by atoms with Gasteiger partial charge in [-0.05, 0) is 31.4 Å². The van der Waals surface area contributed by atoms with Crippen molar-refractivity contribution in [2.75, 3.05) is 14.2 Å². The molecule has 0 saturated carbocycles. The van der Waals surface area contributed by atoms with E-state index in [1.165, 1.54) is 0 Å². The molecular formula is C16H19NO4. The van der Waals surface area contributed by atoms with Crippen LogP contribution in [0.15, 0.2) is 18.2 Å². The Morgan fingerprint density at radius 3 is 2.71 bits per heavy atom. The summed E-state index contributed by atoms with van der Waals surface area (Å²) < 4.78 is 16.3. The molecule has 0 aromatic heterocycles. The number of fused-ring (bicyclic) bond motifs is 2. The van der Waals surface area contributed by atoms with Crippen molar-refractivity contribution in [3.8, 4) is 17.6 Å². The molecule has 1 aromatic carbocycles. The Morgan fingerprint density at radius 2 is 2.19 bits per heavy atom. The molecular weight excluding hydrogens is 270 g/mol. The lowest BCUT2D eigenvalue weighted by Gasteiger charge is -2.33. The maximum atomic E-state index is 10.8. The van der Waals surface area contributed by atoms with E-state index in [9.17, 15) is 10.4 Å². The number of ether oxygens (including phenoxy) is 3. The van der Waals surface area contributed by atoms with Crippen LogP contribution in [-0.4, -0.2) is 31.5 Å². The van der Waals surface area contributed by atoms with Crippen molar-refractivity contribution in [2.24, 2.45) is 5.41 Å². The molecule has 2 bridgehead atoms. The summed E-state index contributed by atoms with van der Waals surface area (Å²) in [6.45, 7) is 0. The Balaban J connectivity index is 1.98. The number of aliphatic hydroxyl groups excluding tert-OH is 1. The zero-order chi connectivity index (χ0) is 15.0. The maximum Gasteiger partial charge on any atom is 0.128 e. The van der Waals surface area contributed by atoms with Gasteiger partial charge in [0.2, 0.25) is 0 Å². The van der Waals surface area contributed by atoms with Gasteiger partial charge in [-0.3, -0.25) is 0 Å². The molecule has 3 rings (SSSR count). The van der Waals surface area contributed by atoms with Crippen molar-refractivity contribution in [3.63, 3.8) is 0 Å². The van der Waals surface area contributed by atoms with Crippen LogP contribution in [0.1, 0.15) is 30.9 Å². The van der Waals surface area contributed by atoms with Gasteiger partial charge in [-0.1, -0.05) is 0 Å². The van der Waals surface area contributed by atoms with Crippen LogP contribution in [0.25, 0.3) is 0 Å². The van der Waals surface area contributed by atoms with Gasteiger partial charge in [0.15, 0.2) is 0 Å². The fraction of sp³-hybridized carbons (Fsp3) is 0.562. The summed E-state index contributed by atoms with van der Waals surface area (Å²) in [6.07, 6.45) is 1.33. The van der Waals surface area contributed by atoms with E-state index in [0.29, 0.717) is 23.5 Å². The summed E-state index contributed by atoms with van der Waals surface area (Å²) in [5.41, 5.74) is -0.277. The van der Waals surface area contributed by atoms with Gasteiger partial charge in [-0.25, -0.2) is 0 Å². The predicted molar refractivity (Wildman–Crippen MR) is 75.1 cm³/mol. The zero-order valence-electron chi connectivity index (χ0n) is 12.2. The predicted octanol–water partition coefficient (Wildman–Crippen LogP) is 2.20. The van der Waals surface area contributed by atoms with Crippen LogP contribution >= 0.6 is 0 Å². The molecule has 2 aliphatic rings. The first kappa shape index (κ1) is 14.2. The normalized spacial score (nSPS) is 31.7. The topological polar surface area (TPSA) is 71.7 Å². The number of aliphatic hydroxyl groups is 1. The number of nitriles is 1. The van der Waals surface area contributed by atoms with Gasteiger partial charge in [0.25, 0.3) is 0 Å². The molecule has 0 spiro atoms. The third kappa shape index (κ3) is 2.06. The van der Waals surface area contributed by atoms with Gasteiger partial charge in [-0.15, -0.1) is 0 Å². The molecule has 0 radical (unpaired) electrons. The highest BCUT2D eigenvalue weighted by molar-refractivity contribution is 5.44. The first-order valence-corrected chi connectivity index (χ1v) is 7.11. The molecule has 1 aromatic rings. The van der Waals surface area contributed by atoms with Crippen molar-refractivity contribution < 1.29 is 19.3 Å². The summed E-state index contributed by atoms with van der Waals surface area (Å²) >= 11 is 0. The third-order valence-corrected chi connectivity index (χ3v) is 4.68. The zero-order valence-corrected chi connectivity index (χ0v) is 12.2. The minimum absolute atomic E-state index is 0.0912. The van der Waals surface area contributed by atoms with E-state index in [1.807, 2.05) is 0 Å². The van der Waals surface area contributed by atoms with Crippen LogP contribution in [0.2, 0.25) is 0 Å². The minimum atomic E-state index is -0.932. The Bertz CT molecular complexity index is 582. The van der Waals surface area contributed by atoms with Crippen LogP contribution in [0, 0.1) is 16.7 Å². The highest BCUT2D eigenvalue weighted by Crippen LogP contribution is 2.55. The molecule has 5 heteroatoms. The Kier molecular flexibility index (Phi) is 3.52. The average molecular weight is 289 g/mol. The molecule has 0 amide bonds. The molecule has 1 N–H and O–H groups in total. The quantitative estimate of drug-likeness (QED) is 0.920. The highest BCUT2D eigenvalue weighted by atomic mass is 16.5. The second kappa shape index (κ2) is 5.21. The van der Waals surface area contributed by atoms with Gasteiger partial charge >= 0.3 is 0 Å². The third-order valence-electron chi connectivity index (χ3n) is 4.68. The fourth-order valence-electron chi connectivity index (χ4n) is 3.53. The lowest BCUT2D eigenvalue weighted by molar-refractivity contribution is 0.00233. The molecule has 2 heterocycles. The van der Waals surface area contributed by atoms with Gasteiger partial charge in [-0.2, -0.15) is 5.26 Å². The van der Waals surface area contributed by atoms with E-state index in [0.717, 1.165) is 12.8 Å². The summed E-state index contributed by atoms with van der Waals surface area (Å²) in [7, 11) is 3.12. The molecule has 2 saturated heterocycles. The number of rotatable bonds is 4. The Hall–Kier alpha value is -1.77. The number of hydrogen-bond acceptors (Lipinski definition) is 5. The first-order valence-electron chi connectivity index (χ1n) is 7.11. The lowest BCUT2D eigenvalue weighted by atomic mass is 9.69. The molecule has 2 fully saturated rings. The monoisotopic (exact) mass is 289 g/mol. The summed E-state index contributed by atoms with van der Waals surface area (Å²) in [5, 5.41) is 20.5. The molecule has 2 aliphatic heterocycles. The average Bonchev–Trinajstić information content (AvgIpc) is 3.14. The largest absolute Gasteiger partial charge is 0.497 e. The van der Waals surface area contributed by atoms with Gasteiger partial charge in [0.05, 0.1) is 32.5 Å². The van der Waals surface area contributed by atoms with Gasteiger partial charge in [0, 0.05) is 11.6 Å². The van der Waals surface area contributed by atoms with Crippen LogP contribution in [0.5, 0.6) is 11.5 Å². The second-order valence-corrected chi connectivity index (χ2v) is 5.69. The smallest absolute Gasteiger partial charge is 0.128 e. The first-order chi connectivity index (χ1) is 10.1. The number of benzene rings is 1. The van der Waals surface area contributed by atoms with Crippen LogP contribution in [0.4, 0.5) is 0 Å². The van der Waals surface area contributed by atoms with E-state index in [-0.39, 0.29) is 12.2 Å². The van der Waals surface area contributed by atoms with Crippen molar-refractivity contribution in [1.82, 2.24) is 0 Å². The van der Waals surface area contributed by atoms with Crippen molar-refractivity contribution in [3.05, 3.63) is 23.8 Å². The van der Waals surface area contributed by atoms with Gasteiger partial charge in [0.1, 0.15) is 23.0 Å². The number of methoxy groups -OCH3 is 2. The van der Waals surface area contributed by atoms with E-state index in [2.05, 4.69) is 6.07 Å². The number of nitrogens with zero attached hydrogens (tertiary/aromatic N) is 1. The maximum absolute atomic E-state index is 10.8.